The predicted molar refractivity (Wildman–Crippen MR) is 48.0 cm³/mol. The van der Waals surface area contributed by atoms with Crippen molar-refractivity contribution in [2.45, 2.75) is 34.1 Å². The zero-order valence-electron chi connectivity index (χ0n) is 7.52. The van der Waals surface area contributed by atoms with Crippen molar-refractivity contribution in [2.75, 3.05) is 0 Å². The number of hydrogen-bond acceptors (Lipinski definition) is 0. The Labute approximate surface area is 64.6 Å². The molecule has 0 amide bonds. The van der Waals surface area contributed by atoms with E-state index in [0.29, 0.717) is 5.92 Å². The standard InChI is InChI=1S/C10H18/c1-5-10(4)8-6-7-9(2)3/h5-7,9H,8H2,1-4H3/b7-6+,10-5+. The first-order valence-corrected chi connectivity index (χ1v) is 3.95. The molecule has 0 saturated heterocycles. The molecule has 0 aliphatic carbocycles. The van der Waals surface area contributed by atoms with Crippen LogP contribution >= 0.6 is 0 Å². The summed E-state index contributed by atoms with van der Waals surface area (Å²) in [5.74, 6) is 0.685. The lowest BCUT2D eigenvalue weighted by atomic mass is 10.1. The molecule has 0 unspecified atom stereocenters. The van der Waals surface area contributed by atoms with Crippen molar-refractivity contribution in [3.05, 3.63) is 23.8 Å². The summed E-state index contributed by atoms with van der Waals surface area (Å²) < 4.78 is 0. The Kier molecular flexibility index (Phi) is 5.00. The van der Waals surface area contributed by atoms with Crippen molar-refractivity contribution >= 4 is 0 Å². The van der Waals surface area contributed by atoms with E-state index < -0.39 is 0 Å². The van der Waals surface area contributed by atoms with E-state index in [4.69, 9.17) is 0 Å². The van der Waals surface area contributed by atoms with Crippen LogP contribution in [0.5, 0.6) is 0 Å². The summed E-state index contributed by atoms with van der Waals surface area (Å²) in [6.45, 7) is 8.63. The average Bonchev–Trinajstić information content (AvgIpc) is 1.87. The maximum atomic E-state index is 2.24. The van der Waals surface area contributed by atoms with Crippen LogP contribution in [0.1, 0.15) is 34.1 Å². The molecule has 0 aromatic rings. The van der Waals surface area contributed by atoms with Gasteiger partial charge in [-0.1, -0.05) is 37.6 Å². The van der Waals surface area contributed by atoms with Gasteiger partial charge in [-0.3, -0.25) is 0 Å². The zero-order chi connectivity index (χ0) is 7.98. The van der Waals surface area contributed by atoms with Crippen LogP contribution in [0, 0.1) is 5.92 Å². The summed E-state index contributed by atoms with van der Waals surface area (Å²) in [6.07, 6.45) is 7.74. The number of rotatable bonds is 3. The molecule has 0 radical (unpaired) electrons. The van der Waals surface area contributed by atoms with E-state index in [-0.39, 0.29) is 0 Å². The van der Waals surface area contributed by atoms with E-state index >= 15 is 0 Å². The Hall–Kier alpha value is -0.520. The van der Waals surface area contributed by atoms with Crippen LogP contribution in [-0.2, 0) is 0 Å². The second-order valence-electron chi connectivity index (χ2n) is 3.01. The lowest BCUT2D eigenvalue weighted by molar-refractivity contribution is 0.827. The van der Waals surface area contributed by atoms with Crippen LogP contribution in [0.15, 0.2) is 23.8 Å². The minimum Gasteiger partial charge on any atom is -0.0884 e. The molecule has 0 aliphatic heterocycles. The van der Waals surface area contributed by atoms with Gasteiger partial charge in [0, 0.05) is 0 Å². The number of allylic oxidation sites excluding steroid dienone is 4. The third-order valence-electron chi connectivity index (χ3n) is 1.45. The molecule has 0 spiro atoms. The van der Waals surface area contributed by atoms with Crippen molar-refractivity contribution in [1.29, 1.82) is 0 Å². The largest absolute Gasteiger partial charge is 0.0884 e. The van der Waals surface area contributed by atoms with Gasteiger partial charge in [-0.2, -0.15) is 0 Å². The van der Waals surface area contributed by atoms with Gasteiger partial charge in [-0.25, -0.2) is 0 Å². The molecular weight excluding hydrogens is 120 g/mol. The van der Waals surface area contributed by atoms with Gasteiger partial charge in [-0.05, 0) is 26.2 Å². The SMILES string of the molecule is C/C=C(\C)C/C=C/C(C)C. The maximum Gasteiger partial charge on any atom is -0.0142 e. The van der Waals surface area contributed by atoms with Gasteiger partial charge in [-0.15, -0.1) is 0 Å². The zero-order valence-corrected chi connectivity index (χ0v) is 7.52. The fourth-order valence-corrected chi connectivity index (χ4v) is 0.644. The first-order valence-electron chi connectivity index (χ1n) is 3.95. The van der Waals surface area contributed by atoms with E-state index in [1.54, 1.807) is 0 Å². The molecule has 0 aromatic heterocycles. The first-order chi connectivity index (χ1) is 4.66. The van der Waals surface area contributed by atoms with E-state index in [0.717, 1.165) is 6.42 Å². The topological polar surface area (TPSA) is 0 Å². The van der Waals surface area contributed by atoms with Crippen LogP contribution in [0.4, 0.5) is 0 Å². The summed E-state index contributed by atoms with van der Waals surface area (Å²) in [5, 5.41) is 0. The third kappa shape index (κ3) is 5.61. The van der Waals surface area contributed by atoms with Gasteiger partial charge >= 0.3 is 0 Å². The molecule has 0 nitrogen and oxygen atoms in total. The molecule has 0 atom stereocenters. The smallest absolute Gasteiger partial charge is 0.0142 e. The molecule has 0 aromatic carbocycles. The molecule has 0 fully saturated rings. The Morgan fingerprint density at radius 3 is 2.40 bits per heavy atom. The Balaban J connectivity index is 3.54. The minimum atomic E-state index is 0.685. The van der Waals surface area contributed by atoms with Crippen LogP contribution in [0.25, 0.3) is 0 Å². The van der Waals surface area contributed by atoms with E-state index in [2.05, 4.69) is 45.9 Å². The van der Waals surface area contributed by atoms with Crippen LogP contribution in [-0.4, -0.2) is 0 Å². The molecule has 0 rings (SSSR count). The molecule has 10 heavy (non-hydrogen) atoms. The predicted octanol–water partition coefficient (Wildman–Crippen LogP) is 3.55. The van der Waals surface area contributed by atoms with Gasteiger partial charge in [0.05, 0.1) is 0 Å². The monoisotopic (exact) mass is 138 g/mol. The second-order valence-corrected chi connectivity index (χ2v) is 3.01. The van der Waals surface area contributed by atoms with Crippen molar-refractivity contribution in [3.8, 4) is 0 Å². The molecule has 0 heterocycles. The highest BCUT2D eigenvalue weighted by atomic mass is 13.9. The highest BCUT2D eigenvalue weighted by Gasteiger charge is 1.84. The minimum absolute atomic E-state index is 0.685. The molecule has 0 heteroatoms. The molecular formula is C10H18. The summed E-state index contributed by atoms with van der Waals surface area (Å²) >= 11 is 0. The van der Waals surface area contributed by atoms with E-state index in [1.165, 1.54) is 5.57 Å². The average molecular weight is 138 g/mol. The van der Waals surface area contributed by atoms with Crippen molar-refractivity contribution in [2.24, 2.45) is 5.92 Å². The van der Waals surface area contributed by atoms with Gasteiger partial charge in [0.25, 0.3) is 0 Å². The fraction of sp³-hybridized carbons (Fsp3) is 0.600. The molecule has 0 saturated carbocycles. The van der Waals surface area contributed by atoms with Gasteiger partial charge < -0.3 is 0 Å². The normalized spacial score (nSPS) is 13.5. The Bertz CT molecular complexity index is 127. The van der Waals surface area contributed by atoms with Gasteiger partial charge in [0.1, 0.15) is 0 Å². The van der Waals surface area contributed by atoms with E-state index in [9.17, 15) is 0 Å². The van der Waals surface area contributed by atoms with E-state index in [1.807, 2.05) is 0 Å². The Morgan fingerprint density at radius 1 is 1.40 bits per heavy atom. The van der Waals surface area contributed by atoms with Crippen LogP contribution < -0.4 is 0 Å². The van der Waals surface area contributed by atoms with Crippen LogP contribution in [0.2, 0.25) is 0 Å². The molecule has 0 N–H and O–H groups in total. The summed E-state index contributed by atoms with van der Waals surface area (Å²) in [5.41, 5.74) is 1.44. The summed E-state index contributed by atoms with van der Waals surface area (Å²) in [6, 6.07) is 0. The fourth-order valence-electron chi connectivity index (χ4n) is 0.644. The van der Waals surface area contributed by atoms with Gasteiger partial charge in [0.2, 0.25) is 0 Å². The highest BCUT2D eigenvalue weighted by molar-refractivity contribution is 5.03. The van der Waals surface area contributed by atoms with Crippen molar-refractivity contribution in [1.82, 2.24) is 0 Å². The van der Waals surface area contributed by atoms with Crippen molar-refractivity contribution in [3.63, 3.8) is 0 Å². The van der Waals surface area contributed by atoms with Crippen LogP contribution in [0.3, 0.4) is 0 Å². The van der Waals surface area contributed by atoms with Crippen molar-refractivity contribution < 1.29 is 0 Å². The quantitative estimate of drug-likeness (QED) is 0.523. The highest BCUT2D eigenvalue weighted by Crippen LogP contribution is 2.02. The molecule has 0 bridgehead atoms. The molecule has 58 valence electrons. The summed E-state index contributed by atoms with van der Waals surface area (Å²) in [7, 11) is 0. The molecule has 0 aliphatic rings. The van der Waals surface area contributed by atoms with Gasteiger partial charge in [0.15, 0.2) is 0 Å². The lowest BCUT2D eigenvalue weighted by Crippen LogP contribution is -1.77. The maximum absolute atomic E-state index is 2.24. The Morgan fingerprint density at radius 2 is 2.00 bits per heavy atom. The lowest BCUT2D eigenvalue weighted by Gasteiger charge is -1.94. The first kappa shape index (κ1) is 9.48. The third-order valence-corrected chi connectivity index (χ3v) is 1.45. The summed E-state index contributed by atoms with van der Waals surface area (Å²) in [4.78, 5) is 0. The number of hydrogen-bond donors (Lipinski definition) is 0. The second kappa shape index (κ2) is 5.28.